The number of rotatable bonds is 12. The predicted molar refractivity (Wildman–Crippen MR) is 613 cm³/mol. The van der Waals surface area contributed by atoms with E-state index >= 15 is 0 Å². The summed E-state index contributed by atoms with van der Waals surface area (Å²) in [6.07, 6.45) is 1.89. The van der Waals surface area contributed by atoms with Gasteiger partial charge in [0.2, 0.25) is 0 Å². The van der Waals surface area contributed by atoms with Crippen LogP contribution >= 0.6 is 7.14 Å². The van der Waals surface area contributed by atoms with Crippen molar-refractivity contribution in [3.63, 3.8) is 0 Å². The summed E-state index contributed by atoms with van der Waals surface area (Å²) in [7, 11) is -3.08. The third-order valence-corrected chi connectivity index (χ3v) is 32.4. The first-order valence-electron chi connectivity index (χ1n) is 49.2. The van der Waals surface area contributed by atoms with Gasteiger partial charge in [0.15, 0.2) is 12.8 Å². The molecule has 145 heavy (non-hydrogen) atoms. The summed E-state index contributed by atoms with van der Waals surface area (Å²) in [6, 6.07) is 179. The minimum atomic E-state index is -3.08. The first kappa shape index (κ1) is 85.2. The zero-order valence-corrected chi connectivity index (χ0v) is 79.5. The SMILES string of the molecule is O=P(c1ccccc1)(c1ccccc1)c1ccc(-c2nc3ccccc3c3c2cc(-c2ccccc2)c2ccccc23)cc1.[C-]#[N+]c1ccc2c(c1)c1cc(-c3ccc(-c4nc5ccccc5c5c4cc(-c4ccccc4)c4ccccc45)cc3)ccc1n2-c1ccccc1.c1cnc2c(-c3cc4c(-c5ccc(-c6ccc7ccc8cccc9ccc6c7c89)cc5)nc5ccccc5c4c4ccccc34)cccc2c1. The highest BCUT2D eigenvalue weighted by atomic mass is 31.2. The summed E-state index contributed by atoms with van der Waals surface area (Å²) in [5, 5.41) is 31.4. The highest BCUT2D eigenvalue weighted by Gasteiger charge is 2.31. The van der Waals surface area contributed by atoms with E-state index < -0.39 is 7.14 Å². The van der Waals surface area contributed by atoms with Crippen LogP contribution in [0.1, 0.15) is 0 Å². The molecule has 0 amide bonds. The highest BCUT2D eigenvalue weighted by molar-refractivity contribution is 7.85. The van der Waals surface area contributed by atoms with Crippen molar-refractivity contribution < 1.29 is 4.57 Å². The molecule has 0 aliphatic heterocycles. The molecule has 29 rings (SSSR count). The number of hydrogen-bond donors (Lipinski definition) is 0. The largest absolute Gasteiger partial charge is 0.309 e. The van der Waals surface area contributed by atoms with E-state index in [4.69, 9.17) is 26.5 Å². The molecule has 0 saturated heterocycles. The monoisotopic (exact) mass is 1860 g/mol. The zero-order chi connectivity index (χ0) is 96.2. The van der Waals surface area contributed by atoms with Gasteiger partial charge in [0.25, 0.3) is 0 Å². The van der Waals surface area contributed by atoms with Gasteiger partial charge in [-0.15, -0.1) is 0 Å². The van der Waals surface area contributed by atoms with E-state index in [0.717, 1.165) is 154 Å². The van der Waals surface area contributed by atoms with Gasteiger partial charge in [-0.3, -0.25) is 4.98 Å². The molecule has 0 N–H and O–H groups in total. The smallest absolute Gasteiger partial charge is 0.188 e. The van der Waals surface area contributed by atoms with Crippen LogP contribution in [0, 0.1) is 6.57 Å². The van der Waals surface area contributed by atoms with E-state index in [1.165, 1.54) is 120 Å². The molecule has 5 aromatic heterocycles. The fourth-order valence-corrected chi connectivity index (χ4v) is 25.3. The molecular weight excluding hydrogens is 1780 g/mol. The van der Waals surface area contributed by atoms with Crippen molar-refractivity contribution in [3.8, 4) is 95.1 Å². The average Bonchev–Trinajstić information content (AvgIpc) is 1.52. The Hall–Kier alpha value is -19.0. The molecular formula is C137H85N6OP. The Morgan fingerprint density at radius 3 is 1.09 bits per heavy atom. The predicted octanol–water partition coefficient (Wildman–Crippen LogP) is 35.7. The van der Waals surface area contributed by atoms with E-state index in [-0.39, 0.29) is 0 Å². The first-order chi connectivity index (χ1) is 71.8. The number of benzene rings is 24. The summed E-state index contributed by atoms with van der Waals surface area (Å²) in [5.41, 5.74) is 25.7. The molecule has 674 valence electrons. The van der Waals surface area contributed by atoms with Crippen molar-refractivity contribution in [2.24, 2.45) is 0 Å². The van der Waals surface area contributed by atoms with Gasteiger partial charge in [0.1, 0.15) is 0 Å². The highest BCUT2D eigenvalue weighted by Crippen LogP contribution is 2.51. The van der Waals surface area contributed by atoms with Crippen molar-refractivity contribution in [2.75, 3.05) is 0 Å². The number of para-hydroxylation sites is 5. The number of nitrogens with zero attached hydrogens (tertiary/aromatic N) is 6. The Kier molecular flexibility index (Phi) is 20.8. The van der Waals surface area contributed by atoms with Gasteiger partial charge in [0, 0.05) is 109 Å². The normalized spacial score (nSPS) is 11.7. The standard InChI is InChI=1S/C48H29N3.C48H28N2.C41H28NOP/c1-49-35-25-27-46-42(29-35)41-28-34(24-26-45(41)51(46)36-14-6-3-7-15-36)31-20-22-33(23-21-31)48-43-30-40(32-12-4-2-5-13-32)37-16-8-9-17-38(37)47(43)39-18-10-11-19-44(39)50-48;1-2-13-37-36(12-1)41(39-15-6-10-33-11-7-27-49-47(33)39)28-42-46(37)40-14-3-4-16-43(40)50-48(42)34-21-17-29(18-22-34)35-25-23-32-20-19-30-8-5-9-31-24-26-38(35)45(32)44(30)31;43-44(31-16-6-2-7-17-31,32-18-8-3-9-19-32)33-26-24-30(25-27-33)41-38-28-37(29-14-4-1-5-15-29)34-20-10-11-21-35(34)40(38)36-22-12-13-23-39(36)42-41/h2-30H;1-28H;1-28H. The fourth-order valence-electron chi connectivity index (χ4n) is 22.6. The lowest BCUT2D eigenvalue weighted by atomic mass is 9.88. The Bertz CT molecular complexity index is 10300. The Balaban J connectivity index is 0.000000108. The second kappa shape index (κ2) is 35.4. The number of hydrogen-bond acceptors (Lipinski definition) is 5. The van der Waals surface area contributed by atoms with Crippen molar-refractivity contribution in [2.45, 2.75) is 0 Å². The molecule has 0 saturated carbocycles. The van der Waals surface area contributed by atoms with Crippen molar-refractivity contribution in [1.82, 2.24) is 24.5 Å². The lowest BCUT2D eigenvalue weighted by Gasteiger charge is -2.20. The van der Waals surface area contributed by atoms with Crippen LogP contribution in [0.25, 0.3) is 262 Å². The van der Waals surface area contributed by atoms with Crippen LogP contribution in [0.3, 0.4) is 0 Å². The molecule has 29 aromatic rings. The number of fused-ring (bicyclic) bond motifs is 19. The van der Waals surface area contributed by atoms with E-state index in [2.05, 4.69) is 416 Å². The summed E-state index contributed by atoms with van der Waals surface area (Å²) < 4.78 is 17.3. The van der Waals surface area contributed by atoms with Gasteiger partial charge in [0.05, 0.1) is 56.8 Å². The van der Waals surface area contributed by atoms with E-state index in [1.54, 1.807) is 0 Å². The van der Waals surface area contributed by atoms with Gasteiger partial charge in [-0.1, -0.05) is 431 Å². The van der Waals surface area contributed by atoms with Crippen LogP contribution in [0.5, 0.6) is 0 Å². The molecule has 0 radical (unpaired) electrons. The van der Waals surface area contributed by atoms with Crippen LogP contribution in [0.2, 0.25) is 0 Å². The lowest BCUT2D eigenvalue weighted by Crippen LogP contribution is -2.24. The number of aromatic nitrogens is 5. The second-order valence-electron chi connectivity index (χ2n) is 37.4. The minimum absolute atomic E-state index is 0.641. The van der Waals surface area contributed by atoms with E-state index in [0.29, 0.717) is 5.69 Å². The van der Waals surface area contributed by atoms with Crippen LogP contribution in [-0.2, 0) is 4.57 Å². The lowest BCUT2D eigenvalue weighted by molar-refractivity contribution is 0.592. The number of pyridine rings is 4. The first-order valence-corrected chi connectivity index (χ1v) is 50.9. The summed E-state index contributed by atoms with van der Waals surface area (Å²) in [5.74, 6) is 0. The van der Waals surface area contributed by atoms with Gasteiger partial charge in [-0.05, 0) is 199 Å². The summed E-state index contributed by atoms with van der Waals surface area (Å²) in [6.45, 7) is 7.67. The van der Waals surface area contributed by atoms with Crippen molar-refractivity contribution >= 4 is 191 Å². The molecule has 5 heterocycles. The summed E-state index contributed by atoms with van der Waals surface area (Å²) in [4.78, 5) is 24.5. The van der Waals surface area contributed by atoms with Crippen molar-refractivity contribution in [1.29, 1.82) is 0 Å². The summed E-state index contributed by atoms with van der Waals surface area (Å²) >= 11 is 0. The van der Waals surface area contributed by atoms with Gasteiger partial charge in [-0.2, -0.15) is 0 Å². The topological polar surface area (TPSA) is 77.9 Å². The fraction of sp³-hybridized carbons (Fsp3) is 0. The van der Waals surface area contributed by atoms with Crippen LogP contribution in [-0.4, -0.2) is 24.5 Å². The van der Waals surface area contributed by atoms with Crippen LogP contribution in [0.15, 0.2) is 516 Å². The molecule has 8 heteroatoms. The molecule has 0 unspecified atom stereocenters. The Morgan fingerprint density at radius 1 is 0.214 bits per heavy atom. The Labute approximate surface area is 836 Å². The quantitative estimate of drug-likeness (QED) is 0.0692. The van der Waals surface area contributed by atoms with Crippen LogP contribution in [0.4, 0.5) is 5.69 Å². The van der Waals surface area contributed by atoms with Crippen LogP contribution < -0.4 is 15.9 Å². The Morgan fingerprint density at radius 2 is 0.579 bits per heavy atom. The maximum atomic E-state index is 15.0. The third kappa shape index (κ3) is 14.5. The zero-order valence-electron chi connectivity index (χ0n) is 78.6. The maximum Gasteiger partial charge on any atom is 0.188 e. The van der Waals surface area contributed by atoms with E-state index in [9.17, 15) is 4.57 Å². The van der Waals surface area contributed by atoms with Gasteiger partial charge in [-0.25, -0.2) is 19.8 Å². The van der Waals surface area contributed by atoms with Gasteiger partial charge >= 0.3 is 0 Å². The average molecular weight is 1860 g/mol. The molecule has 0 bridgehead atoms. The molecule has 0 atom stereocenters. The van der Waals surface area contributed by atoms with Gasteiger partial charge < -0.3 is 9.13 Å². The molecule has 0 spiro atoms. The van der Waals surface area contributed by atoms with Crippen molar-refractivity contribution in [3.05, 3.63) is 527 Å². The third-order valence-electron chi connectivity index (χ3n) is 29.3. The molecule has 0 aliphatic rings. The molecule has 0 aliphatic carbocycles. The minimum Gasteiger partial charge on any atom is -0.309 e. The molecule has 7 nitrogen and oxygen atoms in total. The second-order valence-corrected chi connectivity index (χ2v) is 40.2. The molecule has 0 fully saturated rings. The maximum absolute atomic E-state index is 15.0. The molecule has 24 aromatic carbocycles. The van der Waals surface area contributed by atoms with E-state index in [1.807, 2.05) is 109 Å².